The van der Waals surface area contributed by atoms with E-state index in [-0.39, 0.29) is 5.96 Å². The van der Waals surface area contributed by atoms with E-state index in [1.54, 1.807) is 0 Å². The standard InChI is InChI=1S/C22H25N5O/c1-2-3-7-12-24-17-10-11-18-20(13-17)26-19(16-8-5-4-6-9-16)14-21(18)27-22(23)25-15-28/h4-6,8-11,13-15,24H,2-3,7,12H2,1H3,(H3,23,25,26,27,28). The van der Waals surface area contributed by atoms with Crippen LogP contribution in [0, 0.1) is 0 Å². The second kappa shape index (κ2) is 9.50. The van der Waals surface area contributed by atoms with Gasteiger partial charge in [0.25, 0.3) is 0 Å². The number of fused-ring (bicyclic) bond motifs is 1. The van der Waals surface area contributed by atoms with Crippen molar-refractivity contribution in [1.82, 2.24) is 10.3 Å². The molecular formula is C22H25N5O. The molecule has 0 aliphatic heterocycles. The maximum Gasteiger partial charge on any atom is 0.213 e. The molecule has 0 unspecified atom stereocenters. The Morgan fingerprint density at radius 2 is 1.96 bits per heavy atom. The number of pyridine rings is 1. The van der Waals surface area contributed by atoms with Crippen molar-refractivity contribution in [2.75, 3.05) is 11.9 Å². The molecular weight excluding hydrogens is 350 g/mol. The van der Waals surface area contributed by atoms with Gasteiger partial charge in [0.2, 0.25) is 6.41 Å². The summed E-state index contributed by atoms with van der Waals surface area (Å²) >= 11 is 0. The minimum atomic E-state index is 0.0447. The molecule has 1 amide bonds. The van der Waals surface area contributed by atoms with E-state index in [2.05, 4.69) is 22.5 Å². The second-order valence-electron chi connectivity index (χ2n) is 6.52. The minimum absolute atomic E-state index is 0.0447. The van der Waals surface area contributed by atoms with E-state index in [1.807, 2.05) is 54.6 Å². The fourth-order valence-corrected chi connectivity index (χ4v) is 3.00. The molecule has 6 heteroatoms. The Morgan fingerprint density at radius 1 is 1.14 bits per heavy atom. The number of hydrogen-bond donors (Lipinski definition) is 3. The molecule has 0 aliphatic carbocycles. The quantitative estimate of drug-likeness (QED) is 0.238. The maximum absolute atomic E-state index is 10.7. The molecule has 1 aromatic heterocycles. The number of anilines is 1. The molecule has 3 rings (SSSR count). The van der Waals surface area contributed by atoms with E-state index >= 15 is 0 Å². The predicted octanol–water partition coefficient (Wildman–Crippen LogP) is 4.20. The van der Waals surface area contributed by atoms with Crippen LogP contribution < -0.4 is 16.4 Å². The minimum Gasteiger partial charge on any atom is -0.385 e. The first kappa shape index (κ1) is 19.4. The van der Waals surface area contributed by atoms with Crippen molar-refractivity contribution in [2.24, 2.45) is 10.7 Å². The highest BCUT2D eigenvalue weighted by Crippen LogP contribution is 2.31. The van der Waals surface area contributed by atoms with Crippen LogP contribution >= 0.6 is 0 Å². The fourth-order valence-electron chi connectivity index (χ4n) is 3.00. The number of carbonyl (C=O) groups is 1. The third kappa shape index (κ3) is 4.85. The Morgan fingerprint density at radius 3 is 2.71 bits per heavy atom. The summed E-state index contributed by atoms with van der Waals surface area (Å²) in [4.78, 5) is 19.9. The molecule has 28 heavy (non-hydrogen) atoms. The molecule has 0 bridgehead atoms. The van der Waals surface area contributed by atoms with Crippen LogP contribution in [0.1, 0.15) is 26.2 Å². The van der Waals surface area contributed by atoms with Gasteiger partial charge in [0, 0.05) is 23.2 Å². The van der Waals surface area contributed by atoms with Gasteiger partial charge in [-0.05, 0) is 30.7 Å². The Bertz CT molecular complexity index is 969. The summed E-state index contributed by atoms with van der Waals surface area (Å²) in [6.45, 7) is 3.12. The van der Waals surface area contributed by atoms with Gasteiger partial charge in [-0.1, -0.05) is 50.1 Å². The number of hydrogen-bond acceptors (Lipinski definition) is 4. The predicted molar refractivity (Wildman–Crippen MR) is 116 cm³/mol. The van der Waals surface area contributed by atoms with Crippen molar-refractivity contribution in [1.29, 1.82) is 0 Å². The monoisotopic (exact) mass is 375 g/mol. The van der Waals surface area contributed by atoms with E-state index < -0.39 is 0 Å². The molecule has 0 atom stereocenters. The zero-order chi connectivity index (χ0) is 19.8. The molecule has 0 spiro atoms. The van der Waals surface area contributed by atoms with Gasteiger partial charge in [0.15, 0.2) is 5.96 Å². The number of carbonyl (C=O) groups excluding carboxylic acids is 1. The number of guanidine groups is 1. The number of nitrogens with one attached hydrogen (secondary N) is 2. The van der Waals surface area contributed by atoms with Crippen LogP contribution in [0.5, 0.6) is 0 Å². The molecule has 2 aromatic carbocycles. The summed E-state index contributed by atoms with van der Waals surface area (Å²) in [5.41, 5.74) is 10.1. The molecule has 144 valence electrons. The van der Waals surface area contributed by atoms with Gasteiger partial charge in [0.1, 0.15) is 0 Å². The highest BCUT2D eigenvalue weighted by atomic mass is 16.1. The van der Waals surface area contributed by atoms with E-state index in [9.17, 15) is 4.79 Å². The molecule has 0 aliphatic rings. The molecule has 3 aromatic rings. The molecule has 4 N–H and O–H groups in total. The van der Waals surface area contributed by atoms with Crippen molar-refractivity contribution in [2.45, 2.75) is 26.2 Å². The number of rotatable bonds is 8. The topological polar surface area (TPSA) is 92.4 Å². The lowest BCUT2D eigenvalue weighted by Crippen LogP contribution is -2.29. The smallest absolute Gasteiger partial charge is 0.213 e. The van der Waals surface area contributed by atoms with Gasteiger partial charge in [-0.2, -0.15) is 0 Å². The summed E-state index contributed by atoms with van der Waals surface area (Å²) in [5, 5.41) is 6.71. The normalized spacial score (nSPS) is 11.4. The maximum atomic E-state index is 10.7. The van der Waals surface area contributed by atoms with Crippen molar-refractivity contribution in [3.63, 3.8) is 0 Å². The highest BCUT2D eigenvalue weighted by Gasteiger charge is 2.09. The van der Waals surface area contributed by atoms with Gasteiger partial charge in [-0.3, -0.25) is 10.1 Å². The second-order valence-corrected chi connectivity index (χ2v) is 6.52. The van der Waals surface area contributed by atoms with Crippen molar-refractivity contribution >= 4 is 34.6 Å². The van der Waals surface area contributed by atoms with E-state index in [0.29, 0.717) is 12.1 Å². The van der Waals surface area contributed by atoms with E-state index in [1.165, 1.54) is 12.8 Å². The number of amides is 1. The molecule has 1 heterocycles. The Hall–Kier alpha value is -3.41. The number of aromatic nitrogens is 1. The van der Waals surface area contributed by atoms with E-state index in [0.717, 1.165) is 40.8 Å². The molecule has 0 fully saturated rings. The van der Waals surface area contributed by atoms with Crippen molar-refractivity contribution in [3.8, 4) is 11.3 Å². The van der Waals surface area contributed by atoms with Crippen LogP contribution in [0.4, 0.5) is 11.4 Å². The largest absolute Gasteiger partial charge is 0.385 e. The van der Waals surface area contributed by atoms with Gasteiger partial charge in [0.05, 0.1) is 16.9 Å². The Labute approximate surface area is 164 Å². The average molecular weight is 375 g/mol. The Kier molecular flexibility index (Phi) is 6.57. The first-order valence-corrected chi connectivity index (χ1v) is 9.49. The van der Waals surface area contributed by atoms with Crippen molar-refractivity contribution < 1.29 is 4.79 Å². The van der Waals surface area contributed by atoms with Gasteiger partial charge < -0.3 is 11.1 Å². The fraction of sp³-hybridized carbons (Fsp3) is 0.227. The number of benzene rings is 2. The third-order valence-corrected chi connectivity index (χ3v) is 4.41. The number of nitrogens with two attached hydrogens (primary N) is 1. The molecule has 0 saturated heterocycles. The summed E-state index contributed by atoms with van der Waals surface area (Å²) in [6, 6.07) is 17.8. The number of nitrogens with zero attached hydrogens (tertiary/aromatic N) is 2. The third-order valence-electron chi connectivity index (χ3n) is 4.41. The zero-order valence-electron chi connectivity index (χ0n) is 16.0. The SMILES string of the molecule is CCCCCNc1ccc2c(N=C(N)NC=O)cc(-c3ccccc3)nc2c1. The van der Waals surface area contributed by atoms with Crippen LogP contribution in [0.25, 0.3) is 22.2 Å². The van der Waals surface area contributed by atoms with Gasteiger partial charge in [-0.25, -0.2) is 9.98 Å². The van der Waals surface area contributed by atoms with Crippen LogP contribution in [0.2, 0.25) is 0 Å². The van der Waals surface area contributed by atoms with Gasteiger partial charge in [-0.15, -0.1) is 0 Å². The first-order valence-electron chi connectivity index (χ1n) is 9.49. The number of aliphatic imine (C=N–C) groups is 1. The van der Waals surface area contributed by atoms with Crippen LogP contribution in [-0.4, -0.2) is 23.9 Å². The summed E-state index contributed by atoms with van der Waals surface area (Å²) in [5.74, 6) is 0.0447. The lowest BCUT2D eigenvalue weighted by atomic mass is 10.1. The van der Waals surface area contributed by atoms with Crippen LogP contribution in [0.3, 0.4) is 0 Å². The zero-order valence-corrected chi connectivity index (χ0v) is 16.0. The molecule has 6 nitrogen and oxygen atoms in total. The van der Waals surface area contributed by atoms with Crippen LogP contribution in [0.15, 0.2) is 59.6 Å². The number of unbranched alkanes of at least 4 members (excludes halogenated alkanes) is 2. The lowest BCUT2D eigenvalue weighted by Gasteiger charge is -2.11. The first-order chi connectivity index (χ1) is 13.7. The van der Waals surface area contributed by atoms with Crippen LogP contribution in [-0.2, 0) is 4.79 Å². The van der Waals surface area contributed by atoms with Crippen molar-refractivity contribution in [3.05, 3.63) is 54.6 Å². The summed E-state index contributed by atoms with van der Waals surface area (Å²) < 4.78 is 0. The summed E-state index contributed by atoms with van der Waals surface area (Å²) in [6.07, 6.45) is 4.05. The summed E-state index contributed by atoms with van der Waals surface area (Å²) in [7, 11) is 0. The Balaban J connectivity index is 2.03. The molecule has 0 radical (unpaired) electrons. The van der Waals surface area contributed by atoms with E-state index in [4.69, 9.17) is 10.7 Å². The highest BCUT2D eigenvalue weighted by molar-refractivity contribution is 5.98. The lowest BCUT2D eigenvalue weighted by molar-refractivity contribution is -0.108. The molecule has 0 saturated carbocycles. The van der Waals surface area contributed by atoms with Gasteiger partial charge >= 0.3 is 0 Å². The average Bonchev–Trinajstić information content (AvgIpc) is 2.71.